The van der Waals surface area contributed by atoms with Gasteiger partial charge in [-0.3, -0.25) is 4.68 Å². The van der Waals surface area contributed by atoms with Gasteiger partial charge < -0.3 is 10.5 Å². The number of rotatable bonds is 2. The monoisotopic (exact) mass is 195 g/mol. The van der Waals surface area contributed by atoms with E-state index in [9.17, 15) is 0 Å². The minimum atomic E-state index is 0.623. The Bertz CT molecular complexity index is 283. The van der Waals surface area contributed by atoms with Crippen LogP contribution in [0.5, 0.6) is 0 Å². The first-order chi connectivity index (χ1) is 6.75. The van der Waals surface area contributed by atoms with Gasteiger partial charge in [-0.05, 0) is 25.2 Å². The molecule has 2 N–H and O–H groups in total. The fourth-order valence-electron chi connectivity index (χ4n) is 1.91. The van der Waals surface area contributed by atoms with E-state index >= 15 is 0 Å². The van der Waals surface area contributed by atoms with Crippen molar-refractivity contribution in [3.05, 3.63) is 11.8 Å². The molecule has 78 valence electrons. The van der Waals surface area contributed by atoms with E-state index in [2.05, 4.69) is 5.10 Å². The number of aromatic nitrogens is 2. The van der Waals surface area contributed by atoms with Gasteiger partial charge in [-0.2, -0.15) is 5.10 Å². The number of hydrogen-bond acceptors (Lipinski definition) is 3. The molecule has 0 aromatic carbocycles. The van der Waals surface area contributed by atoms with Crippen LogP contribution in [0.1, 0.15) is 18.5 Å². The number of ether oxygens (including phenoxy) is 1. The highest BCUT2D eigenvalue weighted by Crippen LogP contribution is 2.18. The number of hydrogen-bond donors (Lipinski definition) is 1. The van der Waals surface area contributed by atoms with Crippen molar-refractivity contribution in [3.8, 4) is 0 Å². The first kappa shape index (κ1) is 9.52. The Hall–Kier alpha value is -1.03. The first-order valence-electron chi connectivity index (χ1n) is 5.12. The number of nitrogens with two attached hydrogens (primary N) is 1. The molecule has 1 aliphatic rings. The van der Waals surface area contributed by atoms with Crippen LogP contribution in [-0.4, -0.2) is 23.0 Å². The molecule has 1 aromatic rings. The number of nitrogens with zero attached hydrogens (tertiary/aromatic N) is 2. The first-order valence-corrected chi connectivity index (χ1v) is 5.12. The molecule has 1 unspecified atom stereocenters. The molecule has 0 saturated carbocycles. The summed E-state index contributed by atoms with van der Waals surface area (Å²) in [6.07, 6.45) is 3.41. The predicted octanol–water partition coefficient (Wildman–Crippen LogP) is 0.971. The molecule has 0 spiro atoms. The molecule has 2 rings (SSSR count). The average Bonchev–Trinajstić information content (AvgIpc) is 2.47. The predicted molar refractivity (Wildman–Crippen MR) is 54.9 cm³/mol. The molecule has 1 saturated heterocycles. The largest absolute Gasteiger partial charge is 0.384 e. The fourth-order valence-corrected chi connectivity index (χ4v) is 1.91. The second-order valence-corrected chi connectivity index (χ2v) is 3.97. The topological polar surface area (TPSA) is 53.1 Å². The number of nitrogen functional groups attached to an aromatic ring is 1. The molecule has 0 bridgehead atoms. The van der Waals surface area contributed by atoms with Crippen LogP contribution in [0, 0.1) is 5.92 Å². The maximum absolute atomic E-state index is 5.71. The van der Waals surface area contributed by atoms with Gasteiger partial charge in [0.15, 0.2) is 0 Å². The summed E-state index contributed by atoms with van der Waals surface area (Å²) in [6.45, 7) is 1.79. The van der Waals surface area contributed by atoms with Crippen LogP contribution >= 0.6 is 0 Å². The van der Waals surface area contributed by atoms with E-state index in [1.165, 1.54) is 12.8 Å². The summed E-state index contributed by atoms with van der Waals surface area (Å²) in [5.41, 5.74) is 6.80. The smallest absolute Gasteiger partial charge is 0.121 e. The van der Waals surface area contributed by atoms with Gasteiger partial charge in [0.1, 0.15) is 5.82 Å². The van der Waals surface area contributed by atoms with Crippen LogP contribution in [0.25, 0.3) is 0 Å². The van der Waals surface area contributed by atoms with Crippen LogP contribution in [0.2, 0.25) is 0 Å². The summed E-state index contributed by atoms with van der Waals surface area (Å²) in [5, 5.41) is 4.34. The van der Waals surface area contributed by atoms with Crippen LogP contribution in [0.15, 0.2) is 6.07 Å². The van der Waals surface area contributed by atoms with E-state index in [-0.39, 0.29) is 0 Å². The SMILES string of the molecule is Cn1nc(CC2CCCOC2)cc1N. The van der Waals surface area contributed by atoms with Gasteiger partial charge in [-0.1, -0.05) is 0 Å². The van der Waals surface area contributed by atoms with Crippen molar-refractivity contribution in [3.63, 3.8) is 0 Å². The molecule has 14 heavy (non-hydrogen) atoms. The lowest BCUT2D eigenvalue weighted by molar-refractivity contribution is 0.0546. The third-order valence-electron chi connectivity index (χ3n) is 2.72. The highest BCUT2D eigenvalue weighted by Gasteiger charge is 2.16. The fraction of sp³-hybridized carbons (Fsp3) is 0.700. The zero-order valence-corrected chi connectivity index (χ0v) is 8.57. The van der Waals surface area contributed by atoms with E-state index in [0.29, 0.717) is 5.92 Å². The van der Waals surface area contributed by atoms with E-state index in [1.54, 1.807) is 4.68 Å². The van der Waals surface area contributed by atoms with E-state index in [1.807, 2.05) is 13.1 Å². The molecule has 1 aromatic heterocycles. The van der Waals surface area contributed by atoms with Crippen molar-refractivity contribution >= 4 is 5.82 Å². The van der Waals surface area contributed by atoms with Crippen molar-refractivity contribution in [2.75, 3.05) is 18.9 Å². The summed E-state index contributed by atoms with van der Waals surface area (Å²) >= 11 is 0. The Morgan fingerprint density at radius 3 is 3.14 bits per heavy atom. The lowest BCUT2D eigenvalue weighted by Gasteiger charge is -2.20. The minimum absolute atomic E-state index is 0.623. The van der Waals surface area contributed by atoms with Gasteiger partial charge in [0.25, 0.3) is 0 Å². The molecule has 0 aliphatic carbocycles. The molecule has 0 radical (unpaired) electrons. The van der Waals surface area contributed by atoms with E-state index in [0.717, 1.165) is 31.1 Å². The Morgan fingerprint density at radius 1 is 1.71 bits per heavy atom. The van der Waals surface area contributed by atoms with Gasteiger partial charge in [-0.25, -0.2) is 0 Å². The molecule has 1 atom stereocenters. The van der Waals surface area contributed by atoms with Crippen LogP contribution in [0.3, 0.4) is 0 Å². The molecule has 1 fully saturated rings. The quantitative estimate of drug-likeness (QED) is 0.765. The molecule has 2 heterocycles. The van der Waals surface area contributed by atoms with E-state index < -0.39 is 0 Å². The molecule has 4 heteroatoms. The second-order valence-electron chi connectivity index (χ2n) is 3.97. The Morgan fingerprint density at radius 2 is 2.57 bits per heavy atom. The van der Waals surface area contributed by atoms with Crippen molar-refractivity contribution in [1.29, 1.82) is 0 Å². The summed E-state index contributed by atoms with van der Waals surface area (Å²) < 4.78 is 7.15. The summed E-state index contributed by atoms with van der Waals surface area (Å²) in [7, 11) is 1.87. The van der Waals surface area contributed by atoms with Gasteiger partial charge >= 0.3 is 0 Å². The molecular formula is C10H17N3O. The van der Waals surface area contributed by atoms with Gasteiger partial charge in [0.2, 0.25) is 0 Å². The van der Waals surface area contributed by atoms with Crippen molar-refractivity contribution in [2.45, 2.75) is 19.3 Å². The van der Waals surface area contributed by atoms with Crippen LogP contribution < -0.4 is 5.73 Å². The lowest BCUT2D eigenvalue weighted by atomic mass is 9.97. The summed E-state index contributed by atoms with van der Waals surface area (Å²) in [5.74, 6) is 1.36. The van der Waals surface area contributed by atoms with E-state index in [4.69, 9.17) is 10.5 Å². The average molecular weight is 195 g/mol. The zero-order chi connectivity index (χ0) is 9.97. The molecule has 4 nitrogen and oxygen atoms in total. The van der Waals surface area contributed by atoms with Crippen molar-refractivity contribution in [2.24, 2.45) is 13.0 Å². The highest BCUT2D eigenvalue weighted by molar-refractivity contribution is 5.30. The molecule has 0 amide bonds. The van der Waals surface area contributed by atoms with Crippen molar-refractivity contribution in [1.82, 2.24) is 9.78 Å². The third-order valence-corrected chi connectivity index (χ3v) is 2.72. The second kappa shape index (κ2) is 4.00. The molecule has 1 aliphatic heterocycles. The van der Waals surface area contributed by atoms with Crippen LogP contribution in [-0.2, 0) is 18.2 Å². The lowest BCUT2D eigenvalue weighted by Crippen LogP contribution is -2.19. The third kappa shape index (κ3) is 2.07. The Labute approximate surface area is 84.0 Å². The molecular weight excluding hydrogens is 178 g/mol. The minimum Gasteiger partial charge on any atom is -0.384 e. The van der Waals surface area contributed by atoms with Crippen LogP contribution in [0.4, 0.5) is 5.82 Å². The maximum atomic E-state index is 5.71. The van der Waals surface area contributed by atoms with Crippen molar-refractivity contribution < 1.29 is 4.74 Å². The maximum Gasteiger partial charge on any atom is 0.121 e. The standard InChI is InChI=1S/C10H17N3O/c1-13-10(11)6-9(12-13)5-8-3-2-4-14-7-8/h6,8H,2-5,7,11H2,1H3. The summed E-state index contributed by atoms with van der Waals surface area (Å²) in [6, 6.07) is 1.95. The zero-order valence-electron chi connectivity index (χ0n) is 8.57. The van der Waals surface area contributed by atoms with Gasteiger partial charge in [-0.15, -0.1) is 0 Å². The number of anilines is 1. The summed E-state index contributed by atoms with van der Waals surface area (Å²) in [4.78, 5) is 0. The Kier molecular flexibility index (Phi) is 2.72. The number of aryl methyl sites for hydroxylation is 1. The normalized spacial score (nSPS) is 22.5. The van der Waals surface area contributed by atoms with Gasteiger partial charge in [0, 0.05) is 26.3 Å². The van der Waals surface area contributed by atoms with Gasteiger partial charge in [0.05, 0.1) is 5.69 Å². The Balaban J connectivity index is 1.95. The highest BCUT2D eigenvalue weighted by atomic mass is 16.5.